The fourth-order valence-corrected chi connectivity index (χ4v) is 3.38. The highest BCUT2D eigenvalue weighted by atomic mass is 35.5. The second-order valence-corrected chi connectivity index (χ2v) is 6.87. The Morgan fingerprint density at radius 3 is 2.52 bits per heavy atom. The van der Waals surface area contributed by atoms with Crippen LogP contribution in [0.2, 0.25) is 5.02 Å². The van der Waals surface area contributed by atoms with E-state index in [1.165, 1.54) is 12.1 Å². The average molecular weight is 375 g/mol. The van der Waals surface area contributed by atoms with E-state index in [1.807, 2.05) is 0 Å². The smallest absolute Gasteiger partial charge is 0.417 e. The van der Waals surface area contributed by atoms with Crippen molar-refractivity contribution in [1.82, 2.24) is 0 Å². The molecule has 0 aliphatic heterocycles. The lowest BCUT2D eigenvalue weighted by molar-refractivity contribution is -0.708. The van der Waals surface area contributed by atoms with Gasteiger partial charge in [0.15, 0.2) is 5.76 Å². The van der Waals surface area contributed by atoms with Gasteiger partial charge in [-0.1, -0.05) is 11.6 Å². The molecule has 0 atom stereocenters. The van der Waals surface area contributed by atoms with E-state index in [4.69, 9.17) is 16.0 Å². The Bertz CT molecular complexity index is 721. The minimum absolute atomic E-state index is 0.187. The normalized spacial score (nSPS) is 21.5. The predicted molar refractivity (Wildman–Crippen MR) is 88.0 cm³/mol. The van der Waals surface area contributed by atoms with E-state index in [-0.39, 0.29) is 11.1 Å². The summed E-state index contributed by atoms with van der Waals surface area (Å²) in [7, 11) is 0. The summed E-state index contributed by atoms with van der Waals surface area (Å²) in [6.45, 7) is 0.625. The molecule has 0 saturated heterocycles. The van der Waals surface area contributed by atoms with Crippen LogP contribution < -0.4 is 5.32 Å². The monoisotopic (exact) mass is 374 g/mol. The number of quaternary nitrogens is 1. The van der Waals surface area contributed by atoms with Gasteiger partial charge in [0.25, 0.3) is 0 Å². The number of aliphatic hydroxyl groups is 1. The maximum Gasteiger partial charge on any atom is 0.417 e. The van der Waals surface area contributed by atoms with E-state index in [9.17, 15) is 18.3 Å². The Hall–Kier alpha value is -1.50. The van der Waals surface area contributed by atoms with Gasteiger partial charge >= 0.3 is 6.18 Å². The minimum atomic E-state index is -4.50. The third-order valence-corrected chi connectivity index (χ3v) is 4.94. The molecule has 1 saturated carbocycles. The molecule has 1 aliphatic rings. The first-order valence-corrected chi connectivity index (χ1v) is 8.68. The summed E-state index contributed by atoms with van der Waals surface area (Å²) in [4.78, 5) is 0. The van der Waals surface area contributed by atoms with Crippen LogP contribution >= 0.6 is 11.6 Å². The topological polar surface area (TPSA) is 50.0 Å². The van der Waals surface area contributed by atoms with E-state index >= 15 is 0 Å². The maximum atomic E-state index is 13.0. The third kappa shape index (κ3) is 4.57. The molecule has 0 radical (unpaired) electrons. The van der Waals surface area contributed by atoms with Crippen LogP contribution in [0.4, 0.5) is 13.2 Å². The van der Waals surface area contributed by atoms with Gasteiger partial charge in [0.2, 0.25) is 0 Å². The van der Waals surface area contributed by atoms with Gasteiger partial charge in [-0.15, -0.1) is 0 Å². The molecule has 7 heteroatoms. The molecule has 0 unspecified atom stereocenters. The van der Waals surface area contributed by atoms with E-state index < -0.39 is 11.7 Å². The summed E-state index contributed by atoms with van der Waals surface area (Å²) in [5.74, 6) is 1.11. The second kappa shape index (κ2) is 7.40. The largest absolute Gasteiger partial charge is 0.455 e. The van der Waals surface area contributed by atoms with Crippen LogP contribution in [-0.4, -0.2) is 17.3 Å². The van der Waals surface area contributed by atoms with Crippen LogP contribution in [0, 0.1) is 0 Å². The molecular formula is C18H20ClF3NO2+. The zero-order valence-electron chi connectivity index (χ0n) is 13.5. The van der Waals surface area contributed by atoms with Crippen molar-refractivity contribution in [3.8, 4) is 11.3 Å². The van der Waals surface area contributed by atoms with Gasteiger partial charge in [0.1, 0.15) is 12.3 Å². The lowest BCUT2D eigenvalue weighted by atomic mass is 9.93. The van der Waals surface area contributed by atoms with Crippen molar-refractivity contribution in [2.24, 2.45) is 0 Å². The van der Waals surface area contributed by atoms with E-state index in [0.717, 1.165) is 31.7 Å². The molecule has 1 aromatic heterocycles. The standard InChI is InChI=1S/C18H19ClF3NO2/c19-16-7-1-11(9-15(16)18(20,21)22)17-8-6-14(25-17)10-23-12-2-4-13(24)5-3-12/h1,6-9,12-13,23-24H,2-5,10H2/p+1. The summed E-state index contributed by atoms with van der Waals surface area (Å²) >= 11 is 5.65. The van der Waals surface area contributed by atoms with E-state index in [1.54, 1.807) is 12.1 Å². The van der Waals surface area contributed by atoms with Gasteiger partial charge in [0.05, 0.1) is 22.7 Å². The number of hydrogen-bond acceptors (Lipinski definition) is 2. The molecule has 3 N–H and O–H groups in total. The van der Waals surface area contributed by atoms with Crippen molar-refractivity contribution in [3.05, 3.63) is 46.7 Å². The van der Waals surface area contributed by atoms with Gasteiger partial charge in [0, 0.05) is 18.4 Å². The number of nitrogens with two attached hydrogens (primary N) is 1. The summed E-state index contributed by atoms with van der Waals surface area (Å²) in [6.07, 6.45) is -1.14. The summed E-state index contributed by atoms with van der Waals surface area (Å²) < 4.78 is 44.6. The van der Waals surface area contributed by atoms with Crippen molar-refractivity contribution in [2.45, 2.75) is 50.6 Å². The fourth-order valence-electron chi connectivity index (χ4n) is 3.16. The SMILES string of the molecule is OC1CCC([NH2+]Cc2ccc(-c3ccc(Cl)c(C(F)(F)F)c3)o2)CC1. The van der Waals surface area contributed by atoms with Crippen molar-refractivity contribution in [1.29, 1.82) is 0 Å². The lowest BCUT2D eigenvalue weighted by Gasteiger charge is -2.23. The molecule has 0 bridgehead atoms. The van der Waals surface area contributed by atoms with Crippen molar-refractivity contribution < 1.29 is 28.0 Å². The van der Waals surface area contributed by atoms with Crippen molar-refractivity contribution >= 4 is 11.6 Å². The number of furan rings is 1. The predicted octanol–water partition coefficient (Wildman–Crippen LogP) is 3.99. The lowest BCUT2D eigenvalue weighted by Crippen LogP contribution is -2.88. The number of alkyl halides is 3. The molecular weight excluding hydrogens is 355 g/mol. The summed E-state index contributed by atoms with van der Waals surface area (Å²) in [5.41, 5.74) is -0.513. The fraction of sp³-hybridized carbons (Fsp3) is 0.444. The minimum Gasteiger partial charge on any atom is -0.455 e. The molecule has 0 spiro atoms. The molecule has 1 aromatic carbocycles. The van der Waals surface area contributed by atoms with Crippen LogP contribution in [0.5, 0.6) is 0 Å². The highest BCUT2D eigenvalue weighted by Crippen LogP contribution is 2.37. The number of benzene rings is 1. The van der Waals surface area contributed by atoms with Crippen LogP contribution in [0.25, 0.3) is 11.3 Å². The molecule has 3 rings (SSSR count). The van der Waals surface area contributed by atoms with Crippen molar-refractivity contribution in [3.63, 3.8) is 0 Å². The number of rotatable bonds is 4. The third-order valence-electron chi connectivity index (χ3n) is 4.61. The Labute approximate surface area is 148 Å². The second-order valence-electron chi connectivity index (χ2n) is 6.47. The summed E-state index contributed by atoms with van der Waals surface area (Å²) in [6, 6.07) is 7.68. The molecule has 1 aliphatic carbocycles. The van der Waals surface area contributed by atoms with Crippen LogP contribution in [0.15, 0.2) is 34.7 Å². The maximum absolute atomic E-state index is 13.0. The van der Waals surface area contributed by atoms with Crippen molar-refractivity contribution in [2.75, 3.05) is 0 Å². The first kappa shape index (κ1) is 18.3. The Morgan fingerprint density at radius 1 is 1.12 bits per heavy atom. The van der Waals surface area contributed by atoms with Gasteiger partial charge in [-0.2, -0.15) is 13.2 Å². The van der Waals surface area contributed by atoms with Gasteiger partial charge in [-0.25, -0.2) is 0 Å². The van der Waals surface area contributed by atoms with Crippen LogP contribution in [0.1, 0.15) is 37.0 Å². The molecule has 2 aromatic rings. The van der Waals surface area contributed by atoms with Gasteiger partial charge in [-0.05, 0) is 43.2 Å². The average Bonchev–Trinajstić information content (AvgIpc) is 3.03. The Balaban J connectivity index is 1.67. The number of aliphatic hydroxyl groups excluding tert-OH is 1. The quantitative estimate of drug-likeness (QED) is 0.850. The van der Waals surface area contributed by atoms with Gasteiger partial charge in [-0.3, -0.25) is 0 Å². The Kier molecular flexibility index (Phi) is 5.41. The van der Waals surface area contributed by atoms with E-state index in [0.29, 0.717) is 29.7 Å². The van der Waals surface area contributed by atoms with Crippen LogP contribution in [-0.2, 0) is 12.7 Å². The van der Waals surface area contributed by atoms with Crippen LogP contribution in [0.3, 0.4) is 0 Å². The highest BCUT2D eigenvalue weighted by molar-refractivity contribution is 6.31. The molecule has 1 fully saturated rings. The summed E-state index contributed by atoms with van der Waals surface area (Å²) in [5, 5.41) is 11.4. The Morgan fingerprint density at radius 2 is 1.84 bits per heavy atom. The molecule has 25 heavy (non-hydrogen) atoms. The molecule has 136 valence electrons. The zero-order chi connectivity index (χ0) is 18.0. The molecule has 0 amide bonds. The molecule has 1 heterocycles. The first-order valence-electron chi connectivity index (χ1n) is 8.30. The number of hydrogen-bond donors (Lipinski definition) is 2. The highest BCUT2D eigenvalue weighted by Gasteiger charge is 2.33. The first-order chi connectivity index (χ1) is 11.8. The zero-order valence-corrected chi connectivity index (χ0v) is 14.3. The van der Waals surface area contributed by atoms with E-state index in [2.05, 4.69) is 5.32 Å². The van der Waals surface area contributed by atoms with Gasteiger partial charge < -0.3 is 14.8 Å². The molecule has 3 nitrogen and oxygen atoms in total. The number of halogens is 4.